The van der Waals surface area contributed by atoms with Crippen LogP contribution in [0.5, 0.6) is 0 Å². The SMILES string of the molecule is COCC(CN)c1cccc2ccccc12. The highest BCUT2D eigenvalue weighted by molar-refractivity contribution is 5.86. The molecule has 2 heteroatoms. The van der Waals surface area contributed by atoms with Gasteiger partial charge in [0.2, 0.25) is 0 Å². The van der Waals surface area contributed by atoms with Gasteiger partial charge >= 0.3 is 0 Å². The Morgan fingerprint density at radius 1 is 1.12 bits per heavy atom. The van der Waals surface area contributed by atoms with Gasteiger partial charge in [-0.1, -0.05) is 42.5 Å². The van der Waals surface area contributed by atoms with Crippen molar-refractivity contribution in [1.82, 2.24) is 0 Å². The molecule has 0 saturated carbocycles. The van der Waals surface area contributed by atoms with Gasteiger partial charge in [-0.2, -0.15) is 0 Å². The largest absolute Gasteiger partial charge is 0.384 e. The Morgan fingerprint density at radius 2 is 1.88 bits per heavy atom. The minimum Gasteiger partial charge on any atom is -0.384 e. The van der Waals surface area contributed by atoms with E-state index in [0.717, 1.165) is 0 Å². The van der Waals surface area contributed by atoms with Gasteiger partial charge in [0.05, 0.1) is 6.61 Å². The molecule has 0 spiro atoms. The van der Waals surface area contributed by atoms with E-state index in [1.165, 1.54) is 16.3 Å². The molecule has 0 bridgehead atoms. The third-order valence-corrected chi connectivity index (χ3v) is 2.92. The number of ether oxygens (including phenoxy) is 1. The van der Waals surface area contributed by atoms with Crippen LogP contribution < -0.4 is 5.73 Å². The maximum absolute atomic E-state index is 5.80. The Kier molecular flexibility index (Phi) is 3.54. The van der Waals surface area contributed by atoms with Crippen LogP contribution in [0.4, 0.5) is 0 Å². The molecular formula is C14H17NO. The molecule has 1 unspecified atom stereocenters. The van der Waals surface area contributed by atoms with Crippen molar-refractivity contribution in [3.8, 4) is 0 Å². The third kappa shape index (κ3) is 2.08. The molecular weight excluding hydrogens is 198 g/mol. The molecule has 2 nitrogen and oxygen atoms in total. The molecule has 0 aliphatic carbocycles. The second kappa shape index (κ2) is 5.10. The first-order valence-electron chi connectivity index (χ1n) is 5.53. The summed E-state index contributed by atoms with van der Waals surface area (Å²) in [6, 6.07) is 14.7. The Hall–Kier alpha value is -1.38. The summed E-state index contributed by atoms with van der Waals surface area (Å²) in [6.07, 6.45) is 0. The molecule has 0 aliphatic heterocycles. The van der Waals surface area contributed by atoms with Crippen molar-refractivity contribution in [1.29, 1.82) is 0 Å². The molecule has 16 heavy (non-hydrogen) atoms. The number of fused-ring (bicyclic) bond motifs is 1. The first kappa shape index (κ1) is 11.1. The van der Waals surface area contributed by atoms with Crippen LogP contribution in [0.2, 0.25) is 0 Å². The average molecular weight is 215 g/mol. The summed E-state index contributed by atoms with van der Waals surface area (Å²) < 4.78 is 5.22. The lowest BCUT2D eigenvalue weighted by Gasteiger charge is -2.16. The van der Waals surface area contributed by atoms with Crippen LogP contribution in [-0.2, 0) is 4.74 Å². The molecule has 2 rings (SSSR count). The monoisotopic (exact) mass is 215 g/mol. The standard InChI is InChI=1S/C14H17NO/c1-16-10-12(9-15)14-8-4-6-11-5-2-3-7-13(11)14/h2-8,12H,9-10,15H2,1H3. The lowest BCUT2D eigenvalue weighted by molar-refractivity contribution is 0.181. The smallest absolute Gasteiger partial charge is 0.0543 e. The zero-order valence-corrected chi connectivity index (χ0v) is 9.52. The number of hydrogen-bond donors (Lipinski definition) is 1. The van der Waals surface area contributed by atoms with E-state index >= 15 is 0 Å². The summed E-state index contributed by atoms with van der Waals surface area (Å²) in [5, 5.41) is 2.53. The highest BCUT2D eigenvalue weighted by Crippen LogP contribution is 2.25. The minimum absolute atomic E-state index is 0.274. The third-order valence-electron chi connectivity index (χ3n) is 2.92. The molecule has 2 aromatic rings. The Morgan fingerprint density at radius 3 is 2.62 bits per heavy atom. The fourth-order valence-electron chi connectivity index (χ4n) is 2.09. The molecule has 0 radical (unpaired) electrons. The Bertz CT molecular complexity index is 462. The van der Waals surface area contributed by atoms with Crippen LogP contribution in [0.25, 0.3) is 10.8 Å². The van der Waals surface area contributed by atoms with Gasteiger partial charge in [-0.15, -0.1) is 0 Å². The molecule has 0 heterocycles. The molecule has 2 N–H and O–H groups in total. The molecule has 0 fully saturated rings. The van der Waals surface area contributed by atoms with Gasteiger partial charge in [-0.05, 0) is 16.3 Å². The van der Waals surface area contributed by atoms with Crippen LogP contribution >= 0.6 is 0 Å². The predicted octanol–water partition coefficient (Wildman–Crippen LogP) is 2.53. The number of methoxy groups -OCH3 is 1. The first-order valence-corrected chi connectivity index (χ1v) is 5.53. The van der Waals surface area contributed by atoms with Crippen molar-refractivity contribution in [3.63, 3.8) is 0 Å². The quantitative estimate of drug-likeness (QED) is 0.850. The minimum atomic E-state index is 0.274. The van der Waals surface area contributed by atoms with Crippen molar-refractivity contribution in [3.05, 3.63) is 48.0 Å². The Balaban J connectivity index is 2.50. The van der Waals surface area contributed by atoms with Gasteiger partial charge in [-0.25, -0.2) is 0 Å². The van der Waals surface area contributed by atoms with Gasteiger partial charge in [0.15, 0.2) is 0 Å². The zero-order chi connectivity index (χ0) is 11.4. The van der Waals surface area contributed by atoms with E-state index in [1.807, 2.05) is 0 Å². The number of hydrogen-bond acceptors (Lipinski definition) is 2. The lowest BCUT2D eigenvalue weighted by atomic mass is 9.94. The van der Waals surface area contributed by atoms with Crippen molar-refractivity contribution in [2.45, 2.75) is 5.92 Å². The van der Waals surface area contributed by atoms with Crippen molar-refractivity contribution < 1.29 is 4.74 Å². The lowest BCUT2D eigenvalue weighted by Crippen LogP contribution is -2.17. The second-order valence-electron chi connectivity index (χ2n) is 3.96. The van der Waals surface area contributed by atoms with E-state index in [1.54, 1.807) is 7.11 Å². The number of rotatable bonds is 4. The van der Waals surface area contributed by atoms with Crippen molar-refractivity contribution in [2.75, 3.05) is 20.3 Å². The zero-order valence-electron chi connectivity index (χ0n) is 9.52. The highest BCUT2D eigenvalue weighted by Gasteiger charge is 2.11. The first-order chi connectivity index (χ1) is 7.86. The van der Waals surface area contributed by atoms with E-state index in [9.17, 15) is 0 Å². The topological polar surface area (TPSA) is 35.2 Å². The summed E-state index contributed by atoms with van der Waals surface area (Å²) in [7, 11) is 1.72. The van der Waals surface area contributed by atoms with Gasteiger partial charge in [0.1, 0.15) is 0 Å². The van der Waals surface area contributed by atoms with E-state index < -0.39 is 0 Å². The van der Waals surface area contributed by atoms with E-state index in [0.29, 0.717) is 13.2 Å². The predicted molar refractivity (Wildman–Crippen MR) is 67.6 cm³/mol. The van der Waals surface area contributed by atoms with Gasteiger partial charge in [-0.3, -0.25) is 0 Å². The molecule has 1 atom stereocenters. The number of nitrogens with two attached hydrogens (primary N) is 1. The molecule has 0 amide bonds. The van der Waals surface area contributed by atoms with E-state index in [-0.39, 0.29) is 5.92 Å². The molecule has 0 saturated heterocycles. The second-order valence-corrected chi connectivity index (χ2v) is 3.96. The molecule has 2 aromatic carbocycles. The summed E-state index contributed by atoms with van der Waals surface area (Å²) in [6.45, 7) is 1.28. The fraction of sp³-hybridized carbons (Fsp3) is 0.286. The van der Waals surface area contributed by atoms with E-state index in [2.05, 4.69) is 42.5 Å². The molecule has 84 valence electrons. The van der Waals surface area contributed by atoms with Crippen LogP contribution in [0, 0.1) is 0 Å². The average Bonchev–Trinajstić information content (AvgIpc) is 2.35. The van der Waals surface area contributed by atoms with E-state index in [4.69, 9.17) is 10.5 Å². The van der Waals surface area contributed by atoms with Gasteiger partial charge in [0.25, 0.3) is 0 Å². The summed E-state index contributed by atoms with van der Waals surface area (Å²) in [5.74, 6) is 0.274. The maximum atomic E-state index is 5.80. The van der Waals surface area contributed by atoms with Crippen molar-refractivity contribution in [2.24, 2.45) is 5.73 Å². The molecule has 0 aromatic heterocycles. The molecule has 0 aliphatic rings. The van der Waals surface area contributed by atoms with Crippen LogP contribution in [0.3, 0.4) is 0 Å². The highest BCUT2D eigenvalue weighted by atomic mass is 16.5. The van der Waals surface area contributed by atoms with Crippen molar-refractivity contribution >= 4 is 10.8 Å². The van der Waals surface area contributed by atoms with Crippen LogP contribution in [-0.4, -0.2) is 20.3 Å². The summed E-state index contributed by atoms with van der Waals surface area (Å²) in [5.41, 5.74) is 7.08. The Labute approximate surface area is 96.0 Å². The maximum Gasteiger partial charge on any atom is 0.0543 e. The van der Waals surface area contributed by atoms with Gasteiger partial charge in [0, 0.05) is 19.6 Å². The van der Waals surface area contributed by atoms with Crippen LogP contribution in [0.1, 0.15) is 11.5 Å². The summed E-state index contributed by atoms with van der Waals surface area (Å²) in [4.78, 5) is 0. The van der Waals surface area contributed by atoms with Gasteiger partial charge < -0.3 is 10.5 Å². The van der Waals surface area contributed by atoms with Crippen LogP contribution in [0.15, 0.2) is 42.5 Å². The normalized spacial score (nSPS) is 12.9. The summed E-state index contributed by atoms with van der Waals surface area (Å²) >= 11 is 0. The fourth-order valence-corrected chi connectivity index (χ4v) is 2.09. The number of benzene rings is 2.